The third-order valence-electron chi connectivity index (χ3n) is 3.13. The molecular weight excluding hydrogens is 308 g/mol. The maximum Gasteiger partial charge on any atom is 0.373 e. The van der Waals surface area contributed by atoms with Crippen molar-refractivity contribution in [2.75, 3.05) is 13.7 Å². The van der Waals surface area contributed by atoms with E-state index in [0.717, 1.165) is 0 Å². The van der Waals surface area contributed by atoms with Gasteiger partial charge in [-0.1, -0.05) is 20.8 Å². The van der Waals surface area contributed by atoms with Crippen LogP contribution in [0.1, 0.15) is 43.5 Å². The topological polar surface area (TPSA) is 112 Å². The fourth-order valence-corrected chi connectivity index (χ4v) is 3.64. The summed E-state index contributed by atoms with van der Waals surface area (Å²) in [7, 11) is -2.61. The molecule has 0 aliphatic rings. The molecule has 0 saturated heterocycles. The normalized spacial score (nSPS) is 13.4. The van der Waals surface area contributed by atoms with Gasteiger partial charge in [0.25, 0.3) is 0 Å². The van der Waals surface area contributed by atoms with E-state index >= 15 is 0 Å². The first-order chi connectivity index (χ1) is 10.2. The van der Waals surface area contributed by atoms with Crippen molar-refractivity contribution in [2.24, 2.45) is 11.7 Å². The first-order valence-electron chi connectivity index (χ1n) is 7.18. The minimum absolute atomic E-state index is 0.0439. The van der Waals surface area contributed by atoms with Crippen molar-refractivity contribution in [3.63, 3.8) is 0 Å². The highest BCUT2D eigenvalue weighted by molar-refractivity contribution is 7.89. The third-order valence-corrected chi connectivity index (χ3v) is 4.70. The van der Waals surface area contributed by atoms with Crippen LogP contribution in [0.25, 0.3) is 0 Å². The number of carbonyl (C=O) groups excluding carboxylic acids is 1. The van der Waals surface area contributed by atoms with Gasteiger partial charge in [0.2, 0.25) is 15.8 Å². The second-order valence-electron chi connectivity index (χ2n) is 5.43. The lowest BCUT2D eigenvalue weighted by molar-refractivity contribution is 0.0563. The van der Waals surface area contributed by atoms with Crippen molar-refractivity contribution in [3.05, 3.63) is 17.6 Å². The summed E-state index contributed by atoms with van der Waals surface area (Å²) in [5, 5.41) is 0. The van der Waals surface area contributed by atoms with Crippen molar-refractivity contribution < 1.29 is 22.4 Å². The van der Waals surface area contributed by atoms with Crippen LogP contribution in [-0.2, 0) is 21.2 Å². The van der Waals surface area contributed by atoms with E-state index in [0.29, 0.717) is 18.8 Å². The Kier molecular flexibility index (Phi) is 6.58. The van der Waals surface area contributed by atoms with Crippen LogP contribution >= 0.6 is 0 Å². The Labute approximate surface area is 131 Å². The summed E-state index contributed by atoms with van der Waals surface area (Å²) in [4.78, 5) is 11.5. The Morgan fingerprint density at radius 3 is 2.55 bits per heavy atom. The molecule has 0 spiro atoms. The molecule has 22 heavy (non-hydrogen) atoms. The number of rotatable bonds is 8. The van der Waals surface area contributed by atoms with E-state index in [4.69, 9.17) is 10.2 Å². The Morgan fingerprint density at radius 2 is 2.09 bits per heavy atom. The predicted octanol–water partition coefficient (Wildman–Crippen LogP) is 1.28. The Balaban J connectivity index is 3.11. The zero-order valence-corrected chi connectivity index (χ0v) is 14.2. The summed E-state index contributed by atoms with van der Waals surface area (Å²) in [5.41, 5.74) is 5.63. The zero-order valence-electron chi connectivity index (χ0n) is 13.4. The van der Waals surface area contributed by atoms with Crippen LogP contribution in [0.2, 0.25) is 0 Å². The molecule has 0 fully saturated rings. The molecule has 1 unspecified atom stereocenters. The number of nitrogens with one attached hydrogen (secondary N) is 1. The number of carbonyl (C=O) groups is 1. The second kappa shape index (κ2) is 7.75. The van der Waals surface area contributed by atoms with E-state index in [1.807, 2.05) is 13.8 Å². The van der Waals surface area contributed by atoms with Crippen LogP contribution in [0.5, 0.6) is 0 Å². The largest absolute Gasteiger partial charge is 0.463 e. The molecule has 1 heterocycles. The van der Waals surface area contributed by atoms with E-state index in [2.05, 4.69) is 9.46 Å². The monoisotopic (exact) mass is 332 g/mol. The van der Waals surface area contributed by atoms with Crippen LogP contribution in [-0.4, -0.2) is 34.1 Å². The maximum absolute atomic E-state index is 12.5. The molecule has 126 valence electrons. The van der Waals surface area contributed by atoms with Gasteiger partial charge in [-0.15, -0.1) is 0 Å². The molecule has 0 amide bonds. The van der Waals surface area contributed by atoms with Crippen molar-refractivity contribution in [1.29, 1.82) is 0 Å². The number of sulfonamides is 1. The van der Waals surface area contributed by atoms with Gasteiger partial charge in [-0.3, -0.25) is 0 Å². The lowest BCUT2D eigenvalue weighted by atomic mass is 10.1. The molecular formula is C14H24N2O5S. The molecule has 1 atom stereocenters. The van der Waals surface area contributed by atoms with Gasteiger partial charge in [0.15, 0.2) is 0 Å². The Morgan fingerprint density at radius 1 is 1.45 bits per heavy atom. The van der Waals surface area contributed by atoms with Crippen LogP contribution in [0.3, 0.4) is 0 Å². The van der Waals surface area contributed by atoms with Crippen molar-refractivity contribution in [1.82, 2.24) is 4.72 Å². The number of ether oxygens (including phenoxy) is 1. The zero-order chi connectivity index (χ0) is 16.9. The van der Waals surface area contributed by atoms with Gasteiger partial charge in [-0.2, -0.15) is 0 Å². The van der Waals surface area contributed by atoms with Gasteiger partial charge >= 0.3 is 5.97 Å². The fraction of sp³-hybridized carbons (Fsp3) is 0.643. The van der Waals surface area contributed by atoms with Crippen LogP contribution in [0.4, 0.5) is 0 Å². The molecule has 3 N–H and O–H groups in total. The number of hydrogen-bond donors (Lipinski definition) is 2. The minimum atomic E-state index is -3.81. The molecule has 0 aromatic carbocycles. The van der Waals surface area contributed by atoms with Crippen LogP contribution in [0.15, 0.2) is 15.4 Å². The van der Waals surface area contributed by atoms with E-state index < -0.39 is 16.0 Å². The summed E-state index contributed by atoms with van der Waals surface area (Å²) in [5.74, 6) is -0.327. The number of aryl methyl sites for hydroxylation is 1. The Bertz CT molecular complexity index is 607. The molecule has 0 aliphatic heterocycles. The summed E-state index contributed by atoms with van der Waals surface area (Å²) >= 11 is 0. The maximum atomic E-state index is 12.5. The van der Waals surface area contributed by atoms with E-state index in [1.54, 1.807) is 6.92 Å². The Hall–Kier alpha value is -1.38. The van der Waals surface area contributed by atoms with Crippen molar-refractivity contribution >= 4 is 16.0 Å². The van der Waals surface area contributed by atoms with E-state index in [1.165, 1.54) is 13.2 Å². The second-order valence-corrected chi connectivity index (χ2v) is 7.11. The molecule has 8 heteroatoms. The lowest BCUT2D eigenvalue weighted by Gasteiger charge is -2.18. The average molecular weight is 332 g/mol. The van der Waals surface area contributed by atoms with Gasteiger partial charge < -0.3 is 14.9 Å². The van der Waals surface area contributed by atoms with Crippen molar-refractivity contribution in [3.8, 4) is 0 Å². The number of esters is 1. The minimum Gasteiger partial charge on any atom is -0.463 e. The standard InChI is InChI=1S/C14H24N2O5S/c1-5-11-13(7-12(21-11)14(17)20-4)22(18,19)16-10(8-15)6-9(2)3/h7,9-10,16H,5-6,8,15H2,1-4H3. The quantitative estimate of drug-likeness (QED) is 0.694. The van der Waals surface area contributed by atoms with Gasteiger partial charge in [-0.05, 0) is 12.3 Å². The smallest absolute Gasteiger partial charge is 0.373 e. The van der Waals surface area contributed by atoms with Gasteiger partial charge in [0.1, 0.15) is 10.7 Å². The van der Waals surface area contributed by atoms with Gasteiger partial charge in [0, 0.05) is 25.1 Å². The van der Waals surface area contributed by atoms with Crippen LogP contribution < -0.4 is 10.5 Å². The summed E-state index contributed by atoms with van der Waals surface area (Å²) in [6.07, 6.45) is 0.962. The highest BCUT2D eigenvalue weighted by atomic mass is 32.2. The summed E-state index contributed by atoms with van der Waals surface area (Å²) in [6.45, 7) is 5.91. The van der Waals surface area contributed by atoms with Gasteiger partial charge in [0.05, 0.1) is 7.11 Å². The molecule has 0 saturated carbocycles. The summed E-state index contributed by atoms with van der Waals surface area (Å²) in [6, 6.07) is 0.821. The molecule has 0 aliphatic carbocycles. The summed E-state index contributed by atoms with van der Waals surface area (Å²) < 4.78 is 37.4. The SMILES string of the molecule is CCc1oc(C(=O)OC)cc1S(=O)(=O)NC(CN)CC(C)C. The molecule has 1 aromatic rings. The van der Waals surface area contributed by atoms with Gasteiger partial charge in [-0.25, -0.2) is 17.9 Å². The first-order valence-corrected chi connectivity index (χ1v) is 8.66. The van der Waals surface area contributed by atoms with E-state index in [-0.39, 0.29) is 29.0 Å². The molecule has 0 radical (unpaired) electrons. The molecule has 7 nitrogen and oxygen atoms in total. The fourth-order valence-electron chi connectivity index (χ4n) is 2.13. The number of furan rings is 1. The number of methoxy groups -OCH3 is 1. The number of hydrogen-bond acceptors (Lipinski definition) is 6. The molecule has 1 rings (SSSR count). The molecule has 0 bridgehead atoms. The number of nitrogens with two attached hydrogens (primary N) is 1. The highest BCUT2D eigenvalue weighted by Crippen LogP contribution is 2.22. The third kappa shape index (κ3) is 4.56. The van der Waals surface area contributed by atoms with Crippen molar-refractivity contribution in [2.45, 2.75) is 44.6 Å². The lowest BCUT2D eigenvalue weighted by Crippen LogP contribution is -2.41. The average Bonchev–Trinajstić information content (AvgIpc) is 2.90. The predicted molar refractivity (Wildman–Crippen MR) is 82.0 cm³/mol. The molecule has 1 aromatic heterocycles. The highest BCUT2D eigenvalue weighted by Gasteiger charge is 2.27. The van der Waals surface area contributed by atoms with E-state index in [9.17, 15) is 13.2 Å². The first kappa shape index (κ1) is 18.7. The van der Waals surface area contributed by atoms with Crippen LogP contribution in [0, 0.1) is 5.92 Å².